The Morgan fingerprint density at radius 1 is 0.975 bits per heavy atom. The smallest absolute Gasteiger partial charge is 0.338 e. The van der Waals surface area contributed by atoms with Crippen molar-refractivity contribution in [3.63, 3.8) is 0 Å². The Morgan fingerprint density at radius 3 is 2.12 bits per heavy atom. The third kappa shape index (κ3) is 7.19. The molecule has 40 heavy (non-hydrogen) atoms. The Labute approximate surface area is 238 Å². The highest BCUT2D eigenvalue weighted by Crippen LogP contribution is 2.43. The molecule has 0 aliphatic carbocycles. The quantitative estimate of drug-likeness (QED) is 0.278. The summed E-state index contributed by atoms with van der Waals surface area (Å²) in [4.78, 5) is 26.1. The number of aliphatic hydroxyl groups excluding tert-OH is 1. The van der Waals surface area contributed by atoms with Gasteiger partial charge in [0.1, 0.15) is 6.10 Å². The first-order chi connectivity index (χ1) is 18.9. The highest BCUT2D eigenvalue weighted by molar-refractivity contribution is 5.94. The molecule has 2 aromatic carbocycles. The zero-order valence-corrected chi connectivity index (χ0v) is 25.0. The molecule has 1 aliphatic heterocycles. The molecule has 218 valence electrons. The zero-order valence-electron chi connectivity index (χ0n) is 25.0. The molecule has 7 atom stereocenters. The second kappa shape index (κ2) is 13.6. The maximum atomic E-state index is 13.2. The predicted molar refractivity (Wildman–Crippen MR) is 155 cm³/mol. The highest BCUT2D eigenvalue weighted by Gasteiger charge is 2.46. The van der Waals surface area contributed by atoms with E-state index in [1.807, 2.05) is 32.9 Å². The fraction of sp³-hybridized carbons (Fsp3) is 0.515. The van der Waals surface area contributed by atoms with Crippen LogP contribution in [0.3, 0.4) is 0 Å². The van der Waals surface area contributed by atoms with Crippen molar-refractivity contribution < 1.29 is 28.9 Å². The van der Waals surface area contributed by atoms with E-state index in [0.717, 1.165) is 17.6 Å². The number of amides is 1. The summed E-state index contributed by atoms with van der Waals surface area (Å²) in [6, 6.07) is 16.6. The molecule has 7 nitrogen and oxygen atoms in total. The summed E-state index contributed by atoms with van der Waals surface area (Å²) in [5, 5.41) is 13.9. The normalized spacial score (nSPS) is 24.2. The molecule has 2 N–H and O–H groups in total. The average molecular weight is 552 g/mol. The number of hydrogen-bond acceptors (Lipinski definition) is 6. The van der Waals surface area contributed by atoms with Gasteiger partial charge in [-0.15, -0.1) is 0 Å². The van der Waals surface area contributed by atoms with Crippen LogP contribution in [-0.2, 0) is 19.0 Å². The first-order valence-corrected chi connectivity index (χ1v) is 14.2. The van der Waals surface area contributed by atoms with E-state index >= 15 is 0 Å². The van der Waals surface area contributed by atoms with Crippen LogP contribution in [0.2, 0.25) is 0 Å². The van der Waals surface area contributed by atoms with Crippen LogP contribution < -0.4 is 5.32 Å². The Kier molecular flexibility index (Phi) is 10.7. The van der Waals surface area contributed by atoms with E-state index in [1.165, 1.54) is 0 Å². The number of ether oxygens (including phenoxy) is 3. The van der Waals surface area contributed by atoms with Crippen molar-refractivity contribution in [1.29, 1.82) is 0 Å². The van der Waals surface area contributed by atoms with Gasteiger partial charge in [-0.25, -0.2) is 4.79 Å². The van der Waals surface area contributed by atoms with Crippen molar-refractivity contribution in [2.75, 3.05) is 0 Å². The molecule has 2 aromatic rings. The lowest BCUT2D eigenvalue weighted by atomic mass is 9.71. The fourth-order valence-electron chi connectivity index (χ4n) is 5.58. The monoisotopic (exact) mass is 551 g/mol. The molecule has 0 spiro atoms. The maximum absolute atomic E-state index is 13.2. The second-order valence-corrected chi connectivity index (χ2v) is 11.4. The topological polar surface area (TPSA) is 94.1 Å². The average Bonchev–Trinajstić information content (AvgIpc) is 2.95. The van der Waals surface area contributed by atoms with Gasteiger partial charge in [0.05, 0.1) is 18.2 Å². The summed E-state index contributed by atoms with van der Waals surface area (Å²) in [7, 11) is 0. The van der Waals surface area contributed by atoms with Gasteiger partial charge in [-0.3, -0.25) is 4.79 Å². The summed E-state index contributed by atoms with van der Waals surface area (Å²) in [6.45, 7) is 16.3. The summed E-state index contributed by atoms with van der Waals surface area (Å²) in [5.74, 6) is -1.16. The third-order valence-electron chi connectivity index (χ3n) is 8.33. The lowest BCUT2D eigenvalue weighted by Crippen LogP contribution is -2.53. The summed E-state index contributed by atoms with van der Waals surface area (Å²) >= 11 is 0. The predicted octanol–water partition coefficient (Wildman–Crippen LogP) is 5.99. The van der Waals surface area contributed by atoms with Gasteiger partial charge in [0, 0.05) is 16.9 Å². The molecule has 1 heterocycles. The van der Waals surface area contributed by atoms with Crippen LogP contribution in [0.5, 0.6) is 0 Å². The largest absolute Gasteiger partial charge is 0.456 e. The highest BCUT2D eigenvalue weighted by atomic mass is 16.7. The van der Waals surface area contributed by atoms with E-state index in [-0.39, 0.29) is 29.8 Å². The van der Waals surface area contributed by atoms with Crippen molar-refractivity contribution in [2.24, 2.45) is 11.3 Å². The third-order valence-corrected chi connectivity index (χ3v) is 8.33. The summed E-state index contributed by atoms with van der Waals surface area (Å²) in [6.07, 6.45) is -1.62. The molecule has 3 rings (SSSR count). The molecule has 0 bridgehead atoms. The first kappa shape index (κ1) is 31.5. The molecule has 7 heteroatoms. The molecule has 0 saturated carbocycles. The lowest BCUT2D eigenvalue weighted by Gasteiger charge is -2.49. The first-order valence-electron chi connectivity index (χ1n) is 14.2. The molecular formula is C33H45NO6. The Hall–Kier alpha value is -3.00. The van der Waals surface area contributed by atoms with Crippen LogP contribution in [0.4, 0.5) is 0 Å². The maximum Gasteiger partial charge on any atom is 0.338 e. The van der Waals surface area contributed by atoms with Crippen molar-refractivity contribution in [3.8, 4) is 0 Å². The van der Waals surface area contributed by atoms with E-state index in [1.54, 1.807) is 55.5 Å². The van der Waals surface area contributed by atoms with Gasteiger partial charge in [-0.2, -0.15) is 0 Å². The molecular weight excluding hydrogens is 506 g/mol. The number of rotatable bonds is 10. The van der Waals surface area contributed by atoms with Gasteiger partial charge in [0.2, 0.25) is 0 Å². The van der Waals surface area contributed by atoms with E-state index in [9.17, 15) is 14.7 Å². The van der Waals surface area contributed by atoms with Crippen molar-refractivity contribution in [2.45, 2.75) is 98.6 Å². The van der Waals surface area contributed by atoms with Gasteiger partial charge in [-0.1, -0.05) is 81.8 Å². The molecule has 1 aliphatic rings. The number of esters is 1. The Balaban J connectivity index is 1.77. The fourth-order valence-corrected chi connectivity index (χ4v) is 5.58. The van der Waals surface area contributed by atoms with Crippen molar-refractivity contribution in [3.05, 3.63) is 82.9 Å². The van der Waals surface area contributed by atoms with Crippen molar-refractivity contribution in [1.82, 2.24) is 5.32 Å². The molecule has 0 radical (unpaired) electrons. The van der Waals surface area contributed by atoms with Crippen molar-refractivity contribution >= 4 is 11.9 Å². The number of nitrogens with one attached hydrogen (secondary N) is 1. The summed E-state index contributed by atoms with van der Waals surface area (Å²) < 4.78 is 18.1. The standard InChI is InChI=1S/C33H45NO6/c1-9-27-33(7,8)30(40-24(6)39-27)22(4)20(2)21(3)23(5)38-32(37)29(35)28(25-16-12-10-13-17-25)34-31(36)26-18-14-11-15-19-26/h10-19,22-24,27-30,35H,9H2,1-8H3,(H,34,36)/b21-20+/t22?,23-,24?,27-,28-,29+,30-/m0/s1. The van der Waals surface area contributed by atoms with Gasteiger partial charge in [0.25, 0.3) is 5.91 Å². The molecule has 1 fully saturated rings. The SMILES string of the molecule is CC[C@@H]1OC(C)O[C@@H](C(C)/C(C)=C(\C)[C@H](C)OC(=O)[C@H](O)[C@@H](NC(=O)c2ccccc2)c2ccccc2)C1(C)C. The molecule has 2 unspecified atom stereocenters. The number of benzene rings is 2. The van der Waals surface area contributed by atoms with Crippen LogP contribution in [0.25, 0.3) is 0 Å². The van der Waals surface area contributed by atoms with E-state index in [4.69, 9.17) is 14.2 Å². The van der Waals surface area contributed by atoms with E-state index in [2.05, 4.69) is 33.0 Å². The van der Waals surface area contributed by atoms with E-state index < -0.39 is 30.1 Å². The van der Waals surface area contributed by atoms with E-state index in [0.29, 0.717) is 11.1 Å². The summed E-state index contributed by atoms with van der Waals surface area (Å²) in [5.41, 5.74) is 2.77. The molecule has 1 saturated heterocycles. The minimum atomic E-state index is -1.60. The van der Waals surface area contributed by atoms with Crippen LogP contribution in [0.15, 0.2) is 71.8 Å². The van der Waals surface area contributed by atoms with Crippen LogP contribution in [-0.4, -0.2) is 47.7 Å². The number of carbonyl (C=O) groups is 2. The van der Waals surface area contributed by atoms with Crippen LogP contribution in [0, 0.1) is 11.3 Å². The minimum Gasteiger partial charge on any atom is -0.456 e. The molecule has 0 aromatic heterocycles. The number of carbonyl (C=O) groups excluding carboxylic acids is 2. The van der Waals surface area contributed by atoms with Gasteiger partial charge < -0.3 is 24.6 Å². The van der Waals surface area contributed by atoms with Crippen LogP contribution in [0.1, 0.15) is 83.8 Å². The van der Waals surface area contributed by atoms with Gasteiger partial charge in [-0.05, 0) is 57.4 Å². The second-order valence-electron chi connectivity index (χ2n) is 11.4. The number of aliphatic hydroxyl groups is 1. The Bertz CT molecular complexity index is 1160. The lowest BCUT2D eigenvalue weighted by molar-refractivity contribution is -0.294. The van der Waals surface area contributed by atoms with Gasteiger partial charge in [0.15, 0.2) is 12.4 Å². The zero-order chi connectivity index (χ0) is 29.6. The van der Waals surface area contributed by atoms with Gasteiger partial charge >= 0.3 is 5.97 Å². The minimum absolute atomic E-state index is 0.0451. The molecule has 1 amide bonds. The van der Waals surface area contributed by atoms with Crippen LogP contribution >= 0.6 is 0 Å². The Morgan fingerprint density at radius 2 is 1.55 bits per heavy atom. The number of hydrogen-bond donors (Lipinski definition) is 2.